The summed E-state index contributed by atoms with van der Waals surface area (Å²) >= 11 is 0. The van der Waals surface area contributed by atoms with Crippen molar-refractivity contribution in [2.75, 3.05) is 24.6 Å². The maximum Gasteiger partial charge on any atom is 0.244 e. The molecule has 5 heterocycles. The Morgan fingerprint density at radius 2 is 2.08 bits per heavy atom. The molecule has 36 heavy (non-hydrogen) atoms. The first-order valence-corrected chi connectivity index (χ1v) is 11.9. The molecule has 5 rings (SSSR count). The number of rotatable bonds is 7. The van der Waals surface area contributed by atoms with Gasteiger partial charge in [0.1, 0.15) is 11.6 Å². The molecule has 0 aliphatic carbocycles. The number of likely N-dealkylation sites (N-methyl/N-ethyl adjacent to an activating group) is 1. The van der Waals surface area contributed by atoms with Gasteiger partial charge in [-0.25, -0.2) is 17.7 Å². The van der Waals surface area contributed by atoms with Crippen molar-refractivity contribution in [3.8, 4) is 11.3 Å². The maximum atomic E-state index is 15.2. The first-order chi connectivity index (χ1) is 17.2. The van der Waals surface area contributed by atoms with E-state index in [2.05, 4.69) is 25.4 Å². The van der Waals surface area contributed by atoms with Gasteiger partial charge in [0.15, 0.2) is 11.6 Å². The molecule has 3 aromatic heterocycles. The third-order valence-electron chi connectivity index (χ3n) is 6.85. The number of nitrogens with two attached hydrogens (primary N) is 1. The lowest BCUT2D eigenvalue weighted by Crippen LogP contribution is -2.31. The Balaban J connectivity index is 1.44. The number of likely N-dealkylation sites (tertiary alicyclic amines) is 1. The van der Waals surface area contributed by atoms with E-state index in [1.165, 1.54) is 10.7 Å². The van der Waals surface area contributed by atoms with E-state index in [-0.39, 0.29) is 41.1 Å². The van der Waals surface area contributed by atoms with Gasteiger partial charge in [-0.1, -0.05) is 0 Å². The Morgan fingerprint density at radius 3 is 2.81 bits per heavy atom. The fraction of sp³-hybridized carbons (Fsp3) is 0.458. The molecule has 1 unspecified atom stereocenters. The molecule has 3 aromatic rings. The number of hydrogen-bond acceptors (Lipinski definition) is 7. The quantitative estimate of drug-likeness (QED) is 0.509. The van der Waals surface area contributed by atoms with E-state index >= 15 is 4.39 Å². The minimum Gasteiger partial charge on any atom is -0.382 e. The Kier molecular flexibility index (Phi) is 6.27. The number of fused-ring (bicyclic) bond motifs is 2. The summed E-state index contributed by atoms with van der Waals surface area (Å²) in [4.78, 5) is 27.4. The lowest BCUT2D eigenvalue weighted by molar-refractivity contribution is -0.127. The number of pyridine rings is 1. The number of halogens is 3. The lowest BCUT2D eigenvalue weighted by atomic mass is 9.89. The highest BCUT2D eigenvalue weighted by Crippen LogP contribution is 2.36. The molecule has 2 atom stereocenters. The van der Waals surface area contributed by atoms with Gasteiger partial charge in [-0.05, 0) is 44.7 Å². The minimum atomic E-state index is -2.32. The van der Waals surface area contributed by atoms with Crippen LogP contribution in [0.4, 0.5) is 30.6 Å². The third kappa shape index (κ3) is 4.47. The predicted octanol–water partition coefficient (Wildman–Crippen LogP) is 3.86. The van der Waals surface area contributed by atoms with E-state index in [1.807, 2.05) is 6.92 Å². The standard InChI is InChI=1S/C24H27F3N8O/c1-12-13(4-3-5-19(26)27)10-18-15(29-12)6-7-16(30-18)20-14(25)11-35-21(20)22(28)32-24(33-35)31-17-8-9-34(2)23(17)36/h6-7,11,13,17,19H,3-5,8-10H2,1-2H3,(H3,28,31,32,33)/t13?,17-/m1/s1. The third-order valence-corrected chi connectivity index (χ3v) is 6.85. The van der Waals surface area contributed by atoms with Crippen LogP contribution in [0.3, 0.4) is 0 Å². The molecule has 9 nitrogen and oxygen atoms in total. The second-order valence-corrected chi connectivity index (χ2v) is 9.35. The highest BCUT2D eigenvalue weighted by Gasteiger charge is 2.30. The van der Waals surface area contributed by atoms with Crippen LogP contribution < -0.4 is 11.1 Å². The Labute approximate surface area is 205 Å². The normalized spacial score (nSPS) is 19.8. The predicted molar refractivity (Wildman–Crippen MR) is 130 cm³/mol. The molecule has 2 aliphatic rings. The number of alkyl halides is 2. The second kappa shape index (κ2) is 9.40. The van der Waals surface area contributed by atoms with Crippen LogP contribution in [-0.4, -0.2) is 62.2 Å². The highest BCUT2D eigenvalue weighted by atomic mass is 19.3. The van der Waals surface area contributed by atoms with Crippen molar-refractivity contribution in [2.24, 2.45) is 10.9 Å². The molecule has 3 N–H and O–H groups in total. The van der Waals surface area contributed by atoms with Gasteiger partial charge in [-0.2, -0.15) is 4.98 Å². The van der Waals surface area contributed by atoms with Crippen LogP contribution >= 0.6 is 0 Å². The fourth-order valence-corrected chi connectivity index (χ4v) is 4.87. The molecule has 2 aliphatic heterocycles. The monoisotopic (exact) mass is 500 g/mol. The number of nitrogens with one attached hydrogen (secondary N) is 1. The number of nitrogens with zero attached hydrogens (tertiary/aromatic N) is 6. The van der Waals surface area contributed by atoms with Gasteiger partial charge in [0.05, 0.1) is 28.8 Å². The van der Waals surface area contributed by atoms with Crippen LogP contribution in [0, 0.1) is 11.7 Å². The molecular formula is C24H27F3N8O. The number of anilines is 2. The number of aromatic nitrogens is 4. The van der Waals surface area contributed by atoms with Gasteiger partial charge in [-0.15, -0.1) is 5.10 Å². The van der Waals surface area contributed by atoms with Crippen molar-refractivity contribution < 1.29 is 18.0 Å². The molecule has 0 spiro atoms. The van der Waals surface area contributed by atoms with Gasteiger partial charge < -0.3 is 16.0 Å². The van der Waals surface area contributed by atoms with E-state index < -0.39 is 18.3 Å². The zero-order valence-electron chi connectivity index (χ0n) is 20.0. The Hall–Kier alpha value is -3.70. The summed E-state index contributed by atoms with van der Waals surface area (Å²) in [5.74, 6) is -0.455. The average Bonchev–Trinajstić information content (AvgIpc) is 3.32. The summed E-state index contributed by atoms with van der Waals surface area (Å²) in [7, 11) is 1.72. The van der Waals surface area contributed by atoms with Crippen molar-refractivity contribution in [3.05, 3.63) is 29.8 Å². The van der Waals surface area contributed by atoms with Crippen LogP contribution in [0.15, 0.2) is 23.3 Å². The number of carbonyl (C=O) groups excluding carboxylic acids is 1. The average molecular weight is 501 g/mol. The molecule has 1 fully saturated rings. The molecule has 12 heteroatoms. The van der Waals surface area contributed by atoms with Crippen LogP contribution in [0.1, 0.15) is 38.3 Å². The SMILES string of the molecule is CC1=Nc2ccc(-c3c(F)cn4nc(N[C@@H]5CCN(C)C5=O)nc(N)c34)nc2CC1CCCC(F)F. The van der Waals surface area contributed by atoms with E-state index in [9.17, 15) is 13.6 Å². The lowest BCUT2D eigenvalue weighted by Gasteiger charge is -2.22. The number of hydrogen-bond donors (Lipinski definition) is 2. The fourth-order valence-electron chi connectivity index (χ4n) is 4.87. The largest absolute Gasteiger partial charge is 0.382 e. The molecule has 190 valence electrons. The first-order valence-electron chi connectivity index (χ1n) is 11.9. The van der Waals surface area contributed by atoms with E-state index in [4.69, 9.17) is 5.73 Å². The molecule has 1 amide bonds. The number of amides is 1. The second-order valence-electron chi connectivity index (χ2n) is 9.35. The number of nitrogen functional groups attached to an aromatic ring is 1. The smallest absolute Gasteiger partial charge is 0.244 e. The van der Waals surface area contributed by atoms with Gasteiger partial charge in [-0.3, -0.25) is 14.8 Å². The summed E-state index contributed by atoms with van der Waals surface area (Å²) in [5, 5.41) is 7.30. The molecule has 1 saturated heterocycles. The summed E-state index contributed by atoms with van der Waals surface area (Å²) in [6.45, 7) is 2.52. The van der Waals surface area contributed by atoms with Crippen LogP contribution in [-0.2, 0) is 11.2 Å². The molecule has 0 bridgehead atoms. The van der Waals surface area contributed by atoms with E-state index in [0.29, 0.717) is 49.3 Å². The van der Waals surface area contributed by atoms with Crippen molar-refractivity contribution in [1.29, 1.82) is 0 Å². The summed E-state index contributed by atoms with van der Waals surface area (Å²) in [6.07, 6.45) is 0.865. The van der Waals surface area contributed by atoms with Crippen LogP contribution in [0.2, 0.25) is 0 Å². The van der Waals surface area contributed by atoms with E-state index in [1.54, 1.807) is 24.1 Å². The molecule has 0 saturated carbocycles. The summed E-state index contributed by atoms with van der Waals surface area (Å²) in [6, 6.07) is 2.98. The first kappa shape index (κ1) is 24.0. The molecular weight excluding hydrogens is 473 g/mol. The number of aliphatic imine (C=N–C) groups is 1. The Morgan fingerprint density at radius 1 is 1.28 bits per heavy atom. The topological polar surface area (TPSA) is 114 Å². The van der Waals surface area contributed by atoms with Crippen LogP contribution in [0.5, 0.6) is 0 Å². The summed E-state index contributed by atoms with van der Waals surface area (Å²) in [5.41, 5.74) is 9.26. The van der Waals surface area contributed by atoms with Crippen molar-refractivity contribution in [3.63, 3.8) is 0 Å². The maximum absolute atomic E-state index is 15.2. The summed E-state index contributed by atoms with van der Waals surface area (Å²) < 4.78 is 41.6. The van der Waals surface area contributed by atoms with Crippen molar-refractivity contribution in [1.82, 2.24) is 24.5 Å². The number of carbonyl (C=O) groups is 1. The van der Waals surface area contributed by atoms with E-state index in [0.717, 1.165) is 5.71 Å². The zero-order valence-corrected chi connectivity index (χ0v) is 20.0. The Bertz CT molecular complexity index is 1350. The zero-order chi connectivity index (χ0) is 25.6. The van der Waals surface area contributed by atoms with Gasteiger partial charge in [0.25, 0.3) is 0 Å². The highest BCUT2D eigenvalue weighted by molar-refractivity contribution is 5.91. The molecule has 0 radical (unpaired) electrons. The van der Waals surface area contributed by atoms with Crippen molar-refractivity contribution in [2.45, 2.75) is 51.5 Å². The van der Waals surface area contributed by atoms with Gasteiger partial charge >= 0.3 is 0 Å². The van der Waals surface area contributed by atoms with Crippen molar-refractivity contribution >= 4 is 34.6 Å². The van der Waals surface area contributed by atoms with Gasteiger partial charge in [0.2, 0.25) is 18.3 Å². The van der Waals surface area contributed by atoms with Crippen LogP contribution in [0.25, 0.3) is 16.8 Å². The molecule has 0 aromatic carbocycles. The minimum absolute atomic E-state index is 0.00834. The van der Waals surface area contributed by atoms with Gasteiger partial charge in [0, 0.05) is 31.6 Å².